The normalized spacial score (nSPS) is 15.7. The first-order valence-corrected chi connectivity index (χ1v) is 12.5. The average Bonchev–Trinajstić information content (AvgIpc) is 3.19. The molecule has 0 bridgehead atoms. The van der Waals surface area contributed by atoms with Gasteiger partial charge < -0.3 is 9.88 Å². The van der Waals surface area contributed by atoms with Crippen LogP contribution in [0, 0.1) is 0 Å². The third-order valence-corrected chi connectivity index (χ3v) is 7.24. The standard InChI is InChI=1S/C27H24F3N3OS/c28-27(29,30)20-13-14-24-23(15-20)32-26(33(24)16-18-7-2-1-3-8-18)35-17-25(34)31-22-12-6-10-19-9-4-5-11-21(19)22/h1-5,7-9,11,13-15,22H,6,10,12,16-17H2,(H,31,34)/t22-/m0/s1. The van der Waals surface area contributed by atoms with E-state index in [4.69, 9.17) is 0 Å². The van der Waals surface area contributed by atoms with Crippen molar-refractivity contribution >= 4 is 28.7 Å². The average molecular weight is 496 g/mol. The van der Waals surface area contributed by atoms with Crippen LogP contribution in [0.15, 0.2) is 78.0 Å². The Morgan fingerprint density at radius 1 is 1.06 bits per heavy atom. The van der Waals surface area contributed by atoms with E-state index >= 15 is 0 Å². The summed E-state index contributed by atoms with van der Waals surface area (Å²) in [5, 5.41) is 3.65. The van der Waals surface area contributed by atoms with Crippen molar-refractivity contribution in [1.29, 1.82) is 0 Å². The van der Waals surface area contributed by atoms with E-state index in [0.717, 1.165) is 42.5 Å². The summed E-state index contributed by atoms with van der Waals surface area (Å²) in [5.41, 5.74) is 3.55. The number of nitrogens with zero attached hydrogens (tertiary/aromatic N) is 2. The summed E-state index contributed by atoms with van der Waals surface area (Å²) >= 11 is 1.24. The van der Waals surface area contributed by atoms with Crippen molar-refractivity contribution in [1.82, 2.24) is 14.9 Å². The number of aryl methyl sites for hydroxylation is 1. The molecule has 180 valence electrons. The summed E-state index contributed by atoms with van der Waals surface area (Å²) in [5.74, 6) is 0.00844. The van der Waals surface area contributed by atoms with Crippen molar-refractivity contribution in [3.63, 3.8) is 0 Å². The number of carbonyl (C=O) groups is 1. The van der Waals surface area contributed by atoms with Gasteiger partial charge in [-0.3, -0.25) is 4.79 Å². The molecule has 1 atom stereocenters. The number of imidazole rings is 1. The summed E-state index contributed by atoms with van der Waals surface area (Å²) in [6.07, 6.45) is -1.52. The predicted molar refractivity (Wildman–Crippen MR) is 131 cm³/mol. The minimum absolute atomic E-state index is 0.0227. The molecule has 0 saturated heterocycles. The second kappa shape index (κ2) is 9.77. The molecule has 0 unspecified atom stereocenters. The highest BCUT2D eigenvalue weighted by Gasteiger charge is 2.31. The molecule has 1 aromatic heterocycles. The topological polar surface area (TPSA) is 46.9 Å². The third-order valence-electron chi connectivity index (χ3n) is 6.26. The van der Waals surface area contributed by atoms with E-state index in [-0.39, 0.29) is 23.2 Å². The van der Waals surface area contributed by atoms with Gasteiger partial charge in [0.1, 0.15) is 0 Å². The van der Waals surface area contributed by atoms with Crippen LogP contribution in [0.1, 0.15) is 41.1 Å². The molecule has 0 saturated carbocycles. The van der Waals surface area contributed by atoms with Gasteiger partial charge in [-0.2, -0.15) is 13.2 Å². The highest BCUT2D eigenvalue weighted by atomic mass is 32.2. The van der Waals surface area contributed by atoms with Crippen molar-refractivity contribution in [2.45, 2.75) is 43.2 Å². The Morgan fingerprint density at radius 2 is 1.83 bits per heavy atom. The minimum Gasteiger partial charge on any atom is -0.349 e. The van der Waals surface area contributed by atoms with Crippen LogP contribution in [0.3, 0.4) is 0 Å². The zero-order valence-corrected chi connectivity index (χ0v) is 19.7. The van der Waals surface area contributed by atoms with Gasteiger partial charge in [-0.05, 0) is 54.2 Å². The summed E-state index contributed by atoms with van der Waals surface area (Å²) in [6.45, 7) is 0.447. The van der Waals surface area contributed by atoms with Crippen LogP contribution in [-0.2, 0) is 23.9 Å². The Bertz CT molecular complexity index is 1350. The molecule has 0 fully saturated rings. The van der Waals surface area contributed by atoms with E-state index < -0.39 is 11.7 Å². The van der Waals surface area contributed by atoms with Gasteiger partial charge in [0.25, 0.3) is 0 Å². The Morgan fingerprint density at radius 3 is 2.63 bits per heavy atom. The van der Waals surface area contributed by atoms with Crippen molar-refractivity contribution < 1.29 is 18.0 Å². The van der Waals surface area contributed by atoms with Crippen molar-refractivity contribution in [3.8, 4) is 0 Å². The molecule has 0 aliphatic heterocycles. The van der Waals surface area contributed by atoms with E-state index in [2.05, 4.69) is 22.4 Å². The molecular weight excluding hydrogens is 471 g/mol. The van der Waals surface area contributed by atoms with Crippen molar-refractivity contribution in [3.05, 3.63) is 95.1 Å². The van der Waals surface area contributed by atoms with Gasteiger partial charge in [0.2, 0.25) is 5.91 Å². The summed E-state index contributed by atoms with van der Waals surface area (Å²) in [4.78, 5) is 17.3. The molecule has 35 heavy (non-hydrogen) atoms. The van der Waals surface area contributed by atoms with E-state index in [1.54, 1.807) is 0 Å². The van der Waals surface area contributed by atoms with Gasteiger partial charge in [0.05, 0.1) is 34.9 Å². The van der Waals surface area contributed by atoms with Crippen molar-refractivity contribution in [2.75, 3.05) is 5.75 Å². The van der Waals surface area contributed by atoms with E-state index in [1.807, 2.05) is 47.0 Å². The molecule has 5 rings (SSSR count). The highest BCUT2D eigenvalue weighted by molar-refractivity contribution is 7.99. The second-order valence-electron chi connectivity index (χ2n) is 8.67. The number of thioether (sulfide) groups is 1. The number of amides is 1. The molecule has 8 heteroatoms. The Kier molecular flexibility index (Phi) is 6.56. The molecule has 1 aliphatic rings. The zero-order chi connectivity index (χ0) is 24.4. The number of rotatable bonds is 6. The lowest BCUT2D eigenvalue weighted by atomic mass is 9.88. The second-order valence-corrected chi connectivity index (χ2v) is 9.61. The highest BCUT2D eigenvalue weighted by Crippen LogP contribution is 2.34. The number of benzene rings is 3. The van der Waals surface area contributed by atoms with Crippen LogP contribution in [-0.4, -0.2) is 21.2 Å². The molecule has 1 aliphatic carbocycles. The van der Waals surface area contributed by atoms with Gasteiger partial charge in [0.15, 0.2) is 5.16 Å². The SMILES string of the molecule is O=C(CSc1nc2cc(C(F)(F)F)ccc2n1Cc1ccccc1)N[C@H]1CCCc2ccccc21. The monoisotopic (exact) mass is 495 g/mol. The maximum Gasteiger partial charge on any atom is 0.416 e. The Hall–Kier alpha value is -3.26. The fourth-order valence-electron chi connectivity index (χ4n) is 4.58. The number of aromatic nitrogens is 2. The number of hydrogen-bond donors (Lipinski definition) is 1. The molecule has 4 nitrogen and oxygen atoms in total. The molecule has 1 N–H and O–H groups in total. The molecule has 0 spiro atoms. The number of nitrogens with one attached hydrogen (secondary N) is 1. The maximum absolute atomic E-state index is 13.3. The number of fused-ring (bicyclic) bond motifs is 2. The van der Waals surface area contributed by atoms with Gasteiger partial charge in [-0.1, -0.05) is 66.4 Å². The largest absolute Gasteiger partial charge is 0.416 e. The van der Waals surface area contributed by atoms with E-state index in [9.17, 15) is 18.0 Å². The van der Waals surface area contributed by atoms with Crippen LogP contribution in [0.4, 0.5) is 13.2 Å². The van der Waals surface area contributed by atoms with Crippen molar-refractivity contribution in [2.24, 2.45) is 0 Å². The Balaban J connectivity index is 1.38. The van der Waals surface area contributed by atoms with Gasteiger partial charge in [0, 0.05) is 0 Å². The molecule has 0 radical (unpaired) electrons. The lowest BCUT2D eigenvalue weighted by molar-refractivity contribution is -0.137. The molecule has 3 aromatic carbocycles. The first-order valence-electron chi connectivity index (χ1n) is 11.5. The lowest BCUT2D eigenvalue weighted by Gasteiger charge is -2.26. The summed E-state index contributed by atoms with van der Waals surface area (Å²) in [6, 6.07) is 21.4. The van der Waals surface area contributed by atoms with Crippen LogP contribution in [0.25, 0.3) is 11.0 Å². The number of carbonyl (C=O) groups excluding carboxylic acids is 1. The molecule has 1 heterocycles. The smallest absolute Gasteiger partial charge is 0.349 e. The number of alkyl halides is 3. The van der Waals surface area contributed by atoms with E-state index in [0.29, 0.717) is 17.2 Å². The first kappa shape index (κ1) is 23.5. The number of hydrogen-bond acceptors (Lipinski definition) is 3. The van der Waals surface area contributed by atoms with Gasteiger partial charge in [-0.15, -0.1) is 0 Å². The maximum atomic E-state index is 13.3. The quantitative estimate of drug-likeness (QED) is 0.315. The predicted octanol–water partition coefficient (Wildman–Crippen LogP) is 6.39. The van der Waals surface area contributed by atoms with Gasteiger partial charge in [-0.25, -0.2) is 4.98 Å². The molecular formula is C27H24F3N3OS. The Labute approximate surface area is 205 Å². The third kappa shape index (κ3) is 5.22. The lowest BCUT2D eigenvalue weighted by Crippen LogP contribution is -2.32. The van der Waals surface area contributed by atoms with E-state index in [1.165, 1.54) is 23.4 Å². The fraction of sp³-hybridized carbons (Fsp3) is 0.259. The number of halogens is 3. The minimum atomic E-state index is -4.44. The molecule has 1 amide bonds. The molecule has 4 aromatic rings. The van der Waals surface area contributed by atoms with Crippen LogP contribution in [0.2, 0.25) is 0 Å². The zero-order valence-electron chi connectivity index (χ0n) is 18.9. The first-order chi connectivity index (χ1) is 16.9. The van der Waals surface area contributed by atoms with Crippen LogP contribution in [0.5, 0.6) is 0 Å². The summed E-state index contributed by atoms with van der Waals surface area (Å²) in [7, 11) is 0. The summed E-state index contributed by atoms with van der Waals surface area (Å²) < 4.78 is 41.7. The van der Waals surface area contributed by atoms with Crippen LogP contribution < -0.4 is 5.32 Å². The van der Waals surface area contributed by atoms with Crippen LogP contribution >= 0.6 is 11.8 Å². The van der Waals surface area contributed by atoms with Gasteiger partial charge >= 0.3 is 6.18 Å². The fourth-order valence-corrected chi connectivity index (χ4v) is 5.41.